The number of carbonyl (C=O) groups excluding carboxylic acids is 2. The van der Waals surface area contributed by atoms with Gasteiger partial charge in [0.15, 0.2) is 0 Å². The van der Waals surface area contributed by atoms with Gasteiger partial charge in [-0.3, -0.25) is 9.59 Å². The molecule has 0 unspecified atom stereocenters. The van der Waals surface area contributed by atoms with E-state index in [-0.39, 0.29) is 29.2 Å². The molecule has 2 aliphatic rings. The second-order valence-corrected chi connectivity index (χ2v) is 9.49. The number of hydrogen-bond acceptors (Lipinski definition) is 4. The van der Waals surface area contributed by atoms with E-state index in [1.54, 1.807) is 4.90 Å². The van der Waals surface area contributed by atoms with Crippen molar-refractivity contribution in [3.05, 3.63) is 18.0 Å². The Hall–Kier alpha value is -1.87. The lowest BCUT2D eigenvalue weighted by atomic mass is 9.99. The molecule has 0 spiro atoms. The molecule has 9 heteroatoms. The molecule has 0 saturated carbocycles. The number of carbonyl (C=O) groups is 2. The number of aromatic nitrogens is 1. The van der Waals surface area contributed by atoms with Crippen molar-refractivity contribution in [2.24, 2.45) is 5.92 Å². The van der Waals surface area contributed by atoms with Crippen molar-refractivity contribution < 1.29 is 18.0 Å². The summed E-state index contributed by atoms with van der Waals surface area (Å²) in [5.74, 6) is -0.587. The van der Waals surface area contributed by atoms with E-state index in [4.69, 9.17) is 0 Å². The van der Waals surface area contributed by atoms with E-state index < -0.39 is 10.0 Å². The van der Waals surface area contributed by atoms with E-state index in [0.717, 1.165) is 25.7 Å². The number of nitrogens with one attached hydrogen (secondary N) is 2. The van der Waals surface area contributed by atoms with Gasteiger partial charge >= 0.3 is 0 Å². The Bertz CT molecular complexity index is 797. The lowest BCUT2D eigenvalue weighted by Crippen LogP contribution is -2.45. The maximum absolute atomic E-state index is 13.0. The molecule has 156 valence electrons. The molecule has 2 amide bonds. The molecule has 2 fully saturated rings. The molecule has 1 aromatic rings. The Morgan fingerprint density at radius 2 is 1.86 bits per heavy atom. The monoisotopic (exact) mass is 410 g/mol. The second kappa shape index (κ2) is 9.09. The molecule has 3 rings (SSSR count). The maximum Gasteiger partial charge on any atom is 0.270 e. The first-order valence-corrected chi connectivity index (χ1v) is 11.6. The Kier molecular flexibility index (Phi) is 6.77. The minimum atomic E-state index is -3.74. The van der Waals surface area contributed by atoms with Gasteiger partial charge in [-0.1, -0.05) is 12.8 Å². The van der Waals surface area contributed by atoms with Crippen LogP contribution in [0.2, 0.25) is 0 Å². The van der Waals surface area contributed by atoms with E-state index in [0.29, 0.717) is 44.7 Å². The third-order valence-corrected chi connectivity index (χ3v) is 7.37. The predicted octanol–water partition coefficient (Wildman–Crippen LogP) is 1.57. The van der Waals surface area contributed by atoms with Crippen LogP contribution in [0.25, 0.3) is 0 Å². The normalized spacial score (nSPS) is 21.9. The average molecular weight is 411 g/mol. The van der Waals surface area contributed by atoms with Gasteiger partial charge in [0.05, 0.1) is 5.92 Å². The molecule has 1 atom stereocenters. The van der Waals surface area contributed by atoms with E-state index in [1.165, 1.54) is 16.6 Å². The summed E-state index contributed by atoms with van der Waals surface area (Å²) in [4.78, 5) is 29.6. The van der Waals surface area contributed by atoms with Crippen LogP contribution in [0.5, 0.6) is 0 Å². The summed E-state index contributed by atoms with van der Waals surface area (Å²) in [6, 6.07) is 1.43. The fourth-order valence-electron chi connectivity index (χ4n) is 3.93. The molecule has 2 aliphatic heterocycles. The average Bonchev–Trinajstić information content (AvgIpc) is 3.05. The number of sulfonamides is 1. The van der Waals surface area contributed by atoms with Crippen LogP contribution in [0.4, 0.5) is 0 Å². The third kappa shape index (κ3) is 4.57. The number of piperidine rings is 1. The maximum atomic E-state index is 13.0. The Labute approximate surface area is 166 Å². The van der Waals surface area contributed by atoms with Crippen molar-refractivity contribution in [2.45, 2.75) is 50.3 Å². The summed E-state index contributed by atoms with van der Waals surface area (Å²) in [6.07, 6.45) is 6.91. The standard InChI is InChI=1S/C19H30N4O4S/c1-2-20-18(24)15-8-7-11-23(14-15)28(26,27)16-12-17(21-13-16)19(25)22-9-5-3-4-6-10-22/h12-13,15,21H,2-11,14H2,1H3,(H,20,24)/t15-/m0/s1. The van der Waals surface area contributed by atoms with Crippen molar-refractivity contribution in [1.29, 1.82) is 0 Å². The minimum absolute atomic E-state index is 0.0854. The molecule has 0 aromatic carbocycles. The first-order chi connectivity index (χ1) is 13.4. The largest absolute Gasteiger partial charge is 0.356 e. The number of H-pyrrole nitrogens is 1. The smallest absolute Gasteiger partial charge is 0.270 e. The number of aromatic amines is 1. The topological polar surface area (TPSA) is 103 Å². The number of nitrogens with zero attached hydrogens (tertiary/aromatic N) is 2. The molecule has 0 aliphatic carbocycles. The fraction of sp³-hybridized carbons (Fsp3) is 0.684. The highest BCUT2D eigenvalue weighted by atomic mass is 32.2. The van der Waals surface area contributed by atoms with Crippen LogP contribution in [0.3, 0.4) is 0 Å². The van der Waals surface area contributed by atoms with Gasteiger partial charge in [-0.2, -0.15) is 4.31 Å². The van der Waals surface area contributed by atoms with Crippen LogP contribution < -0.4 is 5.32 Å². The summed E-state index contributed by atoms with van der Waals surface area (Å²) in [6.45, 7) is 4.36. The van der Waals surface area contributed by atoms with Gasteiger partial charge in [-0.25, -0.2) is 8.42 Å². The molecule has 1 aromatic heterocycles. The van der Waals surface area contributed by atoms with Crippen LogP contribution in [-0.4, -0.2) is 67.1 Å². The first kappa shape index (κ1) is 20.9. The van der Waals surface area contributed by atoms with Gasteiger partial charge in [-0.15, -0.1) is 0 Å². The van der Waals surface area contributed by atoms with Crippen LogP contribution in [0, 0.1) is 5.92 Å². The van der Waals surface area contributed by atoms with Gasteiger partial charge in [0.1, 0.15) is 10.6 Å². The predicted molar refractivity (Wildman–Crippen MR) is 105 cm³/mol. The molecular formula is C19H30N4O4S. The zero-order valence-corrected chi connectivity index (χ0v) is 17.3. The zero-order valence-electron chi connectivity index (χ0n) is 16.4. The molecule has 2 saturated heterocycles. The van der Waals surface area contributed by atoms with Gasteiger partial charge in [-0.05, 0) is 38.7 Å². The first-order valence-electron chi connectivity index (χ1n) is 10.2. The highest BCUT2D eigenvalue weighted by Gasteiger charge is 2.34. The summed E-state index contributed by atoms with van der Waals surface area (Å²) in [5.41, 5.74) is 0.303. The van der Waals surface area contributed by atoms with Crippen molar-refractivity contribution in [2.75, 3.05) is 32.7 Å². The molecule has 3 heterocycles. The van der Waals surface area contributed by atoms with Gasteiger partial charge in [0.2, 0.25) is 15.9 Å². The summed E-state index contributed by atoms with van der Waals surface area (Å²) in [7, 11) is -3.74. The summed E-state index contributed by atoms with van der Waals surface area (Å²) < 4.78 is 27.4. The lowest BCUT2D eigenvalue weighted by Gasteiger charge is -2.30. The van der Waals surface area contributed by atoms with Crippen LogP contribution in [0.15, 0.2) is 17.2 Å². The van der Waals surface area contributed by atoms with Crippen molar-refractivity contribution in [3.63, 3.8) is 0 Å². The molecule has 2 N–H and O–H groups in total. The Balaban J connectivity index is 1.72. The Morgan fingerprint density at radius 1 is 1.14 bits per heavy atom. The van der Waals surface area contributed by atoms with Crippen molar-refractivity contribution in [1.82, 2.24) is 19.5 Å². The molecule has 0 radical (unpaired) electrons. The Morgan fingerprint density at radius 3 is 2.54 bits per heavy atom. The second-order valence-electron chi connectivity index (χ2n) is 7.55. The van der Waals surface area contributed by atoms with Crippen LogP contribution in [0.1, 0.15) is 55.9 Å². The van der Waals surface area contributed by atoms with E-state index in [9.17, 15) is 18.0 Å². The van der Waals surface area contributed by atoms with Crippen molar-refractivity contribution >= 4 is 21.8 Å². The molecule has 8 nitrogen and oxygen atoms in total. The zero-order chi connectivity index (χ0) is 20.1. The van der Waals surface area contributed by atoms with Gasteiger partial charge < -0.3 is 15.2 Å². The summed E-state index contributed by atoms with van der Waals surface area (Å²) in [5, 5.41) is 2.77. The molecule has 28 heavy (non-hydrogen) atoms. The highest BCUT2D eigenvalue weighted by Crippen LogP contribution is 2.25. The minimum Gasteiger partial charge on any atom is -0.356 e. The number of likely N-dealkylation sites (tertiary alicyclic amines) is 1. The number of amides is 2. The molecular weight excluding hydrogens is 380 g/mol. The third-order valence-electron chi connectivity index (χ3n) is 5.52. The van der Waals surface area contributed by atoms with Crippen LogP contribution >= 0.6 is 0 Å². The SMILES string of the molecule is CCNC(=O)[C@H]1CCCN(S(=O)(=O)c2c[nH]c(C(=O)N3CCCCCC3)c2)C1. The van der Waals surface area contributed by atoms with Gasteiger partial charge in [0.25, 0.3) is 5.91 Å². The fourth-order valence-corrected chi connectivity index (χ4v) is 5.45. The number of hydrogen-bond donors (Lipinski definition) is 2. The quantitative estimate of drug-likeness (QED) is 0.769. The highest BCUT2D eigenvalue weighted by molar-refractivity contribution is 7.89. The van der Waals surface area contributed by atoms with Crippen LogP contribution in [-0.2, 0) is 14.8 Å². The van der Waals surface area contributed by atoms with Gasteiger partial charge in [0, 0.05) is 38.9 Å². The molecule has 0 bridgehead atoms. The number of rotatable bonds is 5. The van der Waals surface area contributed by atoms with Crippen molar-refractivity contribution in [3.8, 4) is 0 Å². The van der Waals surface area contributed by atoms with E-state index in [1.807, 2.05) is 6.92 Å². The summed E-state index contributed by atoms with van der Waals surface area (Å²) >= 11 is 0. The lowest BCUT2D eigenvalue weighted by molar-refractivity contribution is -0.125. The van der Waals surface area contributed by atoms with E-state index >= 15 is 0 Å². The van der Waals surface area contributed by atoms with E-state index in [2.05, 4.69) is 10.3 Å².